The molecule has 2 N–H and O–H groups in total. The van der Waals surface area contributed by atoms with Gasteiger partial charge in [0, 0.05) is 6.61 Å². The van der Waals surface area contributed by atoms with Crippen LogP contribution in [0.4, 0.5) is 4.39 Å². The molecule has 1 aromatic carbocycles. The van der Waals surface area contributed by atoms with Crippen LogP contribution in [0.15, 0.2) is 18.2 Å². The second-order valence-corrected chi connectivity index (χ2v) is 3.74. The first kappa shape index (κ1) is 12.1. The third-order valence-corrected chi connectivity index (χ3v) is 2.14. The van der Waals surface area contributed by atoms with E-state index in [0.717, 1.165) is 17.5 Å². The normalized spacial score (nSPS) is 12.8. The number of halogens is 1. The molecule has 0 aliphatic rings. The molecule has 0 heterocycles. The summed E-state index contributed by atoms with van der Waals surface area (Å²) in [5, 5.41) is 0. The first-order chi connectivity index (χ1) is 7.13. The number of hydrogen-bond acceptors (Lipinski definition) is 2. The van der Waals surface area contributed by atoms with Gasteiger partial charge in [-0.25, -0.2) is 4.39 Å². The molecule has 0 amide bonds. The number of hydrogen-bond donors (Lipinski definition) is 1. The van der Waals surface area contributed by atoms with E-state index in [-0.39, 0.29) is 11.9 Å². The zero-order valence-corrected chi connectivity index (χ0v) is 9.29. The minimum Gasteiger partial charge on any atom is -0.379 e. The van der Waals surface area contributed by atoms with Crippen molar-refractivity contribution in [2.24, 2.45) is 5.73 Å². The minimum atomic E-state index is -0.244. The van der Waals surface area contributed by atoms with Gasteiger partial charge in [0.1, 0.15) is 5.82 Å². The topological polar surface area (TPSA) is 35.2 Å². The Morgan fingerprint density at radius 3 is 2.73 bits per heavy atom. The van der Waals surface area contributed by atoms with E-state index in [0.29, 0.717) is 13.2 Å². The summed E-state index contributed by atoms with van der Waals surface area (Å²) in [6.45, 7) is 5.03. The average Bonchev–Trinajstić information content (AvgIpc) is 2.16. The molecular formula is C12H18FNO. The largest absolute Gasteiger partial charge is 0.379 e. The fourth-order valence-electron chi connectivity index (χ4n) is 1.43. The summed E-state index contributed by atoms with van der Waals surface area (Å²) >= 11 is 0. The summed E-state index contributed by atoms with van der Waals surface area (Å²) in [5.41, 5.74) is 7.56. The number of aryl methyl sites for hydroxylation is 1. The number of nitrogens with two attached hydrogens (primary N) is 1. The molecule has 0 saturated heterocycles. The number of ether oxygens (including phenoxy) is 1. The molecule has 84 valence electrons. The van der Waals surface area contributed by atoms with Crippen molar-refractivity contribution >= 4 is 0 Å². The Labute approximate surface area is 90.2 Å². The van der Waals surface area contributed by atoms with Crippen LogP contribution < -0.4 is 5.73 Å². The third-order valence-electron chi connectivity index (χ3n) is 2.14. The maximum Gasteiger partial charge on any atom is 0.123 e. The predicted octanol–water partition coefficient (Wildman–Crippen LogP) is 2.56. The van der Waals surface area contributed by atoms with Crippen LogP contribution in [-0.2, 0) is 4.74 Å². The van der Waals surface area contributed by atoms with Crippen molar-refractivity contribution in [3.63, 3.8) is 0 Å². The van der Waals surface area contributed by atoms with Crippen LogP contribution in [0.3, 0.4) is 0 Å². The number of benzene rings is 1. The molecular weight excluding hydrogens is 193 g/mol. The standard InChI is InChI=1S/C12H18FNO/c1-3-4-15-8-12(14)10-5-9(2)6-11(13)7-10/h5-7,12H,3-4,8,14H2,1-2H3. The van der Waals surface area contributed by atoms with Crippen LogP contribution >= 0.6 is 0 Å². The zero-order chi connectivity index (χ0) is 11.3. The lowest BCUT2D eigenvalue weighted by atomic mass is 10.1. The van der Waals surface area contributed by atoms with E-state index in [2.05, 4.69) is 0 Å². The Bertz CT molecular complexity index is 294. The average molecular weight is 211 g/mol. The SMILES string of the molecule is CCCOCC(N)c1cc(C)cc(F)c1. The van der Waals surface area contributed by atoms with Gasteiger partial charge in [0.25, 0.3) is 0 Å². The highest BCUT2D eigenvalue weighted by molar-refractivity contribution is 5.26. The van der Waals surface area contributed by atoms with Crippen LogP contribution in [0.5, 0.6) is 0 Å². The van der Waals surface area contributed by atoms with Crippen molar-refractivity contribution in [2.75, 3.05) is 13.2 Å². The first-order valence-electron chi connectivity index (χ1n) is 5.24. The van der Waals surface area contributed by atoms with Gasteiger partial charge in [0.05, 0.1) is 12.6 Å². The molecule has 2 nitrogen and oxygen atoms in total. The van der Waals surface area contributed by atoms with Crippen molar-refractivity contribution in [3.05, 3.63) is 35.1 Å². The highest BCUT2D eigenvalue weighted by Gasteiger charge is 2.07. The first-order valence-corrected chi connectivity index (χ1v) is 5.24. The summed E-state index contributed by atoms with van der Waals surface area (Å²) in [4.78, 5) is 0. The van der Waals surface area contributed by atoms with Crippen LogP contribution in [0, 0.1) is 12.7 Å². The Kier molecular flexibility index (Phi) is 4.72. The molecule has 0 saturated carbocycles. The van der Waals surface area contributed by atoms with Crippen LogP contribution in [-0.4, -0.2) is 13.2 Å². The van der Waals surface area contributed by atoms with Gasteiger partial charge in [-0.3, -0.25) is 0 Å². The van der Waals surface area contributed by atoms with E-state index in [1.54, 1.807) is 0 Å². The van der Waals surface area contributed by atoms with Gasteiger partial charge < -0.3 is 10.5 Å². The van der Waals surface area contributed by atoms with Gasteiger partial charge in [-0.2, -0.15) is 0 Å². The summed E-state index contributed by atoms with van der Waals surface area (Å²) in [5.74, 6) is -0.240. The zero-order valence-electron chi connectivity index (χ0n) is 9.29. The van der Waals surface area contributed by atoms with Crippen molar-refractivity contribution in [3.8, 4) is 0 Å². The van der Waals surface area contributed by atoms with Crippen LogP contribution in [0.2, 0.25) is 0 Å². The second-order valence-electron chi connectivity index (χ2n) is 3.74. The molecule has 0 aliphatic carbocycles. The molecule has 1 atom stereocenters. The van der Waals surface area contributed by atoms with Crippen molar-refractivity contribution in [1.82, 2.24) is 0 Å². The van der Waals surface area contributed by atoms with Crippen LogP contribution in [0.1, 0.15) is 30.5 Å². The Morgan fingerprint density at radius 1 is 1.40 bits per heavy atom. The fourth-order valence-corrected chi connectivity index (χ4v) is 1.43. The summed E-state index contributed by atoms with van der Waals surface area (Å²) in [6, 6.07) is 4.60. The molecule has 0 aromatic heterocycles. The van der Waals surface area contributed by atoms with E-state index in [4.69, 9.17) is 10.5 Å². The molecule has 3 heteroatoms. The summed E-state index contributed by atoms with van der Waals surface area (Å²) in [6.07, 6.45) is 0.967. The molecule has 0 fully saturated rings. The highest BCUT2D eigenvalue weighted by Crippen LogP contribution is 2.15. The molecule has 15 heavy (non-hydrogen) atoms. The maximum absolute atomic E-state index is 13.1. The van der Waals surface area contributed by atoms with Crippen molar-refractivity contribution in [2.45, 2.75) is 26.3 Å². The lowest BCUT2D eigenvalue weighted by molar-refractivity contribution is 0.121. The summed E-state index contributed by atoms with van der Waals surface area (Å²) < 4.78 is 18.4. The van der Waals surface area contributed by atoms with Gasteiger partial charge in [0.2, 0.25) is 0 Å². The van der Waals surface area contributed by atoms with Gasteiger partial charge in [-0.05, 0) is 36.6 Å². The lowest BCUT2D eigenvalue weighted by Crippen LogP contribution is -2.17. The Balaban J connectivity index is 2.60. The third kappa shape index (κ3) is 3.98. The van der Waals surface area contributed by atoms with Gasteiger partial charge >= 0.3 is 0 Å². The highest BCUT2D eigenvalue weighted by atomic mass is 19.1. The lowest BCUT2D eigenvalue weighted by Gasteiger charge is -2.13. The second kappa shape index (κ2) is 5.83. The molecule has 0 bridgehead atoms. The summed E-state index contributed by atoms with van der Waals surface area (Å²) in [7, 11) is 0. The maximum atomic E-state index is 13.1. The van der Waals surface area contributed by atoms with E-state index in [1.165, 1.54) is 12.1 Å². The fraction of sp³-hybridized carbons (Fsp3) is 0.500. The number of rotatable bonds is 5. The van der Waals surface area contributed by atoms with E-state index >= 15 is 0 Å². The smallest absolute Gasteiger partial charge is 0.123 e. The van der Waals surface area contributed by atoms with Gasteiger partial charge in [-0.1, -0.05) is 13.0 Å². The van der Waals surface area contributed by atoms with E-state index < -0.39 is 0 Å². The predicted molar refractivity (Wildman–Crippen MR) is 59.2 cm³/mol. The molecule has 0 spiro atoms. The Hall–Kier alpha value is -0.930. The van der Waals surface area contributed by atoms with Crippen molar-refractivity contribution < 1.29 is 9.13 Å². The quantitative estimate of drug-likeness (QED) is 0.760. The van der Waals surface area contributed by atoms with Crippen LogP contribution in [0.25, 0.3) is 0 Å². The monoisotopic (exact) mass is 211 g/mol. The Morgan fingerprint density at radius 2 is 2.13 bits per heavy atom. The van der Waals surface area contributed by atoms with E-state index in [9.17, 15) is 4.39 Å². The molecule has 0 radical (unpaired) electrons. The molecule has 1 aromatic rings. The molecule has 1 rings (SSSR count). The van der Waals surface area contributed by atoms with Crippen molar-refractivity contribution in [1.29, 1.82) is 0 Å². The van der Waals surface area contributed by atoms with Gasteiger partial charge in [0.15, 0.2) is 0 Å². The van der Waals surface area contributed by atoms with E-state index in [1.807, 2.05) is 19.9 Å². The minimum absolute atomic E-state index is 0.240. The van der Waals surface area contributed by atoms with Gasteiger partial charge in [-0.15, -0.1) is 0 Å². The molecule has 0 aliphatic heterocycles. The molecule has 1 unspecified atom stereocenters.